The van der Waals surface area contributed by atoms with Gasteiger partial charge in [0.05, 0.1) is 5.56 Å². The maximum absolute atomic E-state index is 14.6. The number of benzene rings is 2. The van der Waals surface area contributed by atoms with Crippen LogP contribution in [0.1, 0.15) is 36.5 Å². The number of likely N-dealkylation sites (tertiary alicyclic amines) is 1. The molecule has 2 N–H and O–H groups in total. The first-order chi connectivity index (χ1) is 12.0. The second-order valence-electron chi connectivity index (χ2n) is 6.62. The van der Waals surface area contributed by atoms with E-state index in [0.717, 1.165) is 19.3 Å². The average molecular weight is 344 g/mol. The molecule has 0 spiro atoms. The fraction of sp³-hybridized carbons (Fsp3) is 0.350. The minimum atomic E-state index is -0.569. The van der Waals surface area contributed by atoms with Gasteiger partial charge in [-0.1, -0.05) is 18.2 Å². The largest absolute Gasteiger partial charge is 0.334 e. The van der Waals surface area contributed by atoms with E-state index in [-0.39, 0.29) is 29.4 Å². The summed E-state index contributed by atoms with van der Waals surface area (Å²) in [5.41, 5.74) is 7.37. The number of carbonyl (C=O) groups excluding carboxylic acids is 1. The predicted octanol–water partition coefficient (Wildman–Crippen LogP) is 3.97. The first-order valence-corrected chi connectivity index (χ1v) is 8.59. The minimum Gasteiger partial charge on any atom is -0.334 e. The highest BCUT2D eigenvalue weighted by atomic mass is 19.1. The van der Waals surface area contributed by atoms with Gasteiger partial charge >= 0.3 is 0 Å². The van der Waals surface area contributed by atoms with Crippen LogP contribution in [0.2, 0.25) is 0 Å². The second-order valence-corrected chi connectivity index (χ2v) is 6.62. The van der Waals surface area contributed by atoms with Crippen molar-refractivity contribution in [2.45, 2.75) is 38.3 Å². The third-order valence-corrected chi connectivity index (χ3v) is 4.79. The fourth-order valence-electron chi connectivity index (χ4n) is 3.42. The second kappa shape index (κ2) is 7.31. The van der Waals surface area contributed by atoms with Crippen molar-refractivity contribution in [2.24, 2.45) is 5.73 Å². The Bertz CT molecular complexity index is 759. The van der Waals surface area contributed by atoms with Crippen LogP contribution < -0.4 is 5.73 Å². The monoisotopic (exact) mass is 344 g/mol. The summed E-state index contributed by atoms with van der Waals surface area (Å²) in [6.45, 7) is 2.48. The number of amides is 1. The Balaban J connectivity index is 1.87. The van der Waals surface area contributed by atoms with Crippen LogP contribution in [0.25, 0.3) is 11.1 Å². The molecule has 0 bridgehead atoms. The molecule has 3 rings (SSSR count). The zero-order valence-electron chi connectivity index (χ0n) is 14.2. The molecule has 2 aromatic carbocycles. The highest BCUT2D eigenvalue weighted by molar-refractivity contribution is 5.95. The Morgan fingerprint density at radius 2 is 1.80 bits per heavy atom. The van der Waals surface area contributed by atoms with E-state index in [2.05, 4.69) is 0 Å². The summed E-state index contributed by atoms with van der Waals surface area (Å²) in [5.74, 6) is -1.23. The Hall–Kier alpha value is -2.27. The van der Waals surface area contributed by atoms with Crippen LogP contribution >= 0.6 is 0 Å². The summed E-state index contributed by atoms with van der Waals surface area (Å²) < 4.78 is 27.6. The summed E-state index contributed by atoms with van der Waals surface area (Å²) in [6.07, 6.45) is 2.78. The molecule has 2 atom stereocenters. The van der Waals surface area contributed by atoms with E-state index in [1.165, 1.54) is 24.3 Å². The van der Waals surface area contributed by atoms with Gasteiger partial charge in [0.1, 0.15) is 11.6 Å². The van der Waals surface area contributed by atoms with Crippen molar-refractivity contribution in [2.75, 3.05) is 6.54 Å². The van der Waals surface area contributed by atoms with Gasteiger partial charge in [-0.05, 0) is 61.6 Å². The van der Waals surface area contributed by atoms with Crippen LogP contribution in [0.4, 0.5) is 8.78 Å². The van der Waals surface area contributed by atoms with Gasteiger partial charge in [-0.15, -0.1) is 0 Å². The zero-order chi connectivity index (χ0) is 18.0. The van der Waals surface area contributed by atoms with Crippen LogP contribution in [-0.2, 0) is 0 Å². The average Bonchev–Trinajstić information content (AvgIpc) is 2.61. The Morgan fingerprint density at radius 1 is 1.12 bits per heavy atom. The minimum absolute atomic E-state index is 0.0541. The van der Waals surface area contributed by atoms with Crippen molar-refractivity contribution < 1.29 is 13.6 Å². The Labute approximate surface area is 146 Å². The molecule has 0 saturated carbocycles. The third kappa shape index (κ3) is 3.71. The van der Waals surface area contributed by atoms with Gasteiger partial charge in [0.15, 0.2) is 0 Å². The smallest absolute Gasteiger partial charge is 0.257 e. The van der Waals surface area contributed by atoms with E-state index < -0.39 is 5.82 Å². The van der Waals surface area contributed by atoms with Crippen molar-refractivity contribution in [1.29, 1.82) is 0 Å². The summed E-state index contributed by atoms with van der Waals surface area (Å²) >= 11 is 0. The Kier molecular flexibility index (Phi) is 5.13. The van der Waals surface area contributed by atoms with E-state index in [1.807, 2.05) is 6.92 Å². The summed E-state index contributed by atoms with van der Waals surface area (Å²) in [6, 6.07) is 10.1. The van der Waals surface area contributed by atoms with Gasteiger partial charge in [0.2, 0.25) is 0 Å². The molecular formula is C20H22F2N2O. The molecule has 1 heterocycles. The van der Waals surface area contributed by atoms with Gasteiger partial charge in [0.25, 0.3) is 5.91 Å². The molecular weight excluding hydrogens is 322 g/mol. The molecule has 1 aliphatic heterocycles. The van der Waals surface area contributed by atoms with Crippen LogP contribution in [0.5, 0.6) is 0 Å². The molecule has 0 aliphatic carbocycles. The van der Waals surface area contributed by atoms with E-state index in [9.17, 15) is 13.6 Å². The van der Waals surface area contributed by atoms with Crippen LogP contribution in [-0.4, -0.2) is 29.4 Å². The summed E-state index contributed by atoms with van der Waals surface area (Å²) in [5, 5.41) is 0. The predicted molar refractivity (Wildman–Crippen MR) is 94.1 cm³/mol. The number of carbonyl (C=O) groups is 1. The van der Waals surface area contributed by atoms with Gasteiger partial charge in [-0.2, -0.15) is 0 Å². The first kappa shape index (κ1) is 17.5. The van der Waals surface area contributed by atoms with Gasteiger partial charge in [-0.3, -0.25) is 4.79 Å². The SMILES string of the molecule is CC(N)C1CCCCN1C(=O)c1ccc(-c2ccc(F)cc2)cc1F. The number of halogens is 2. The normalized spacial score (nSPS) is 18.9. The maximum atomic E-state index is 14.6. The lowest BCUT2D eigenvalue weighted by Gasteiger charge is -2.38. The van der Waals surface area contributed by atoms with E-state index >= 15 is 0 Å². The lowest BCUT2D eigenvalue weighted by molar-refractivity contribution is 0.0579. The molecule has 1 fully saturated rings. The van der Waals surface area contributed by atoms with Crippen molar-refractivity contribution in [3.63, 3.8) is 0 Å². The molecule has 1 amide bonds. The van der Waals surface area contributed by atoms with Crippen LogP contribution in [0.15, 0.2) is 42.5 Å². The fourth-order valence-corrected chi connectivity index (χ4v) is 3.42. The molecule has 1 aliphatic rings. The highest BCUT2D eigenvalue weighted by Crippen LogP contribution is 2.26. The topological polar surface area (TPSA) is 46.3 Å². The van der Waals surface area contributed by atoms with Crippen molar-refractivity contribution in [1.82, 2.24) is 4.90 Å². The van der Waals surface area contributed by atoms with Gasteiger partial charge in [0, 0.05) is 18.6 Å². The lowest BCUT2D eigenvalue weighted by atomic mass is 9.95. The highest BCUT2D eigenvalue weighted by Gasteiger charge is 2.31. The van der Waals surface area contributed by atoms with E-state index in [0.29, 0.717) is 17.7 Å². The molecule has 25 heavy (non-hydrogen) atoms. The quantitative estimate of drug-likeness (QED) is 0.916. The number of nitrogens with two attached hydrogens (primary N) is 1. The van der Waals surface area contributed by atoms with Crippen molar-refractivity contribution in [3.05, 3.63) is 59.7 Å². The zero-order valence-corrected chi connectivity index (χ0v) is 14.2. The van der Waals surface area contributed by atoms with Gasteiger partial charge < -0.3 is 10.6 Å². The molecule has 132 valence electrons. The lowest BCUT2D eigenvalue weighted by Crippen LogP contribution is -2.51. The summed E-state index contributed by atoms with van der Waals surface area (Å²) in [7, 11) is 0. The van der Waals surface area contributed by atoms with E-state index in [4.69, 9.17) is 5.73 Å². The standard InChI is InChI=1S/C20H22F2N2O/c1-13(23)19-4-2-3-11-24(19)20(25)17-10-7-15(12-18(17)22)14-5-8-16(21)9-6-14/h5-10,12-13,19H,2-4,11,23H2,1H3. The number of nitrogens with zero attached hydrogens (tertiary/aromatic N) is 1. The molecule has 2 unspecified atom stereocenters. The first-order valence-electron chi connectivity index (χ1n) is 8.59. The number of hydrogen-bond acceptors (Lipinski definition) is 2. The molecule has 0 radical (unpaired) electrons. The van der Waals surface area contributed by atoms with E-state index in [1.54, 1.807) is 23.1 Å². The molecule has 1 saturated heterocycles. The molecule has 2 aromatic rings. The van der Waals surface area contributed by atoms with Crippen molar-refractivity contribution in [3.8, 4) is 11.1 Å². The number of rotatable bonds is 3. The molecule has 3 nitrogen and oxygen atoms in total. The Morgan fingerprint density at radius 3 is 2.44 bits per heavy atom. The molecule has 5 heteroatoms. The van der Waals surface area contributed by atoms with Crippen LogP contribution in [0.3, 0.4) is 0 Å². The summed E-state index contributed by atoms with van der Waals surface area (Å²) in [4.78, 5) is 14.5. The maximum Gasteiger partial charge on any atom is 0.257 e. The van der Waals surface area contributed by atoms with Crippen LogP contribution in [0, 0.1) is 11.6 Å². The third-order valence-electron chi connectivity index (χ3n) is 4.79. The molecule has 0 aromatic heterocycles. The number of piperidine rings is 1. The van der Waals surface area contributed by atoms with Gasteiger partial charge in [-0.25, -0.2) is 8.78 Å². The number of hydrogen-bond donors (Lipinski definition) is 1. The van der Waals surface area contributed by atoms with Crippen molar-refractivity contribution >= 4 is 5.91 Å².